The highest BCUT2D eigenvalue weighted by molar-refractivity contribution is 5.80. The topological polar surface area (TPSA) is 92.9 Å². The van der Waals surface area contributed by atoms with E-state index >= 15 is 0 Å². The van der Waals surface area contributed by atoms with Gasteiger partial charge in [-0.05, 0) is 12.8 Å². The number of carboxylic acids is 1. The van der Waals surface area contributed by atoms with Gasteiger partial charge >= 0.3 is 12.1 Å². The number of carboxylic acid groups (broad SMARTS) is 1. The highest BCUT2D eigenvalue weighted by atomic mass is 16.7. The minimum absolute atomic E-state index is 0.396. The highest BCUT2D eigenvalue weighted by Crippen LogP contribution is 2.17. The summed E-state index contributed by atoms with van der Waals surface area (Å²) >= 11 is 0. The molecule has 0 aromatic carbocycles. The molecule has 0 aromatic heterocycles. The number of nitrogens with two attached hydrogens (primary N) is 1. The van der Waals surface area contributed by atoms with E-state index < -0.39 is 18.1 Å². The molecular formula is C6H10N2O4. The largest absolute Gasteiger partial charge is 0.480 e. The first-order valence-corrected chi connectivity index (χ1v) is 3.57. The van der Waals surface area contributed by atoms with Crippen LogP contribution in [-0.2, 0) is 9.63 Å². The molecule has 0 aromatic rings. The number of carbonyl (C=O) groups excluding carboxylic acids is 1. The third-order valence-electron chi connectivity index (χ3n) is 1.87. The number of rotatable bonds is 1. The molecule has 12 heavy (non-hydrogen) atoms. The van der Waals surface area contributed by atoms with Gasteiger partial charge in [0.05, 0.1) is 0 Å². The van der Waals surface area contributed by atoms with E-state index in [4.69, 9.17) is 5.11 Å². The van der Waals surface area contributed by atoms with Crippen LogP contribution in [-0.4, -0.2) is 34.7 Å². The summed E-state index contributed by atoms with van der Waals surface area (Å²) in [6.07, 6.45) is 0.358. The van der Waals surface area contributed by atoms with Gasteiger partial charge in [0.1, 0.15) is 6.04 Å². The molecule has 1 aliphatic rings. The average Bonchev–Trinajstić information content (AvgIpc) is 2.50. The van der Waals surface area contributed by atoms with Crippen molar-refractivity contribution < 1.29 is 19.5 Å². The summed E-state index contributed by atoms with van der Waals surface area (Å²) in [6, 6.07) is -0.777. The molecule has 0 saturated carbocycles. The molecule has 1 amide bonds. The van der Waals surface area contributed by atoms with Crippen molar-refractivity contribution in [3.05, 3.63) is 0 Å². The van der Waals surface area contributed by atoms with Crippen molar-refractivity contribution in [2.24, 2.45) is 5.90 Å². The van der Waals surface area contributed by atoms with E-state index in [1.807, 2.05) is 0 Å². The summed E-state index contributed by atoms with van der Waals surface area (Å²) in [6.45, 7) is 0.396. The summed E-state index contributed by atoms with van der Waals surface area (Å²) in [5.41, 5.74) is 0. The average molecular weight is 174 g/mol. The van der Waals surface area contributed by atoms with Gasteiger partial charge in [0.2, 0.25) is 0 Å². The van der Waals surface area contributed by atoms with Crippen LogP contribution in [0.3, 0.4) is 0 Å². The van der Waals surface area contributed by atoms with Crippen LogP contribution in [0.5, 0.6) is 0 Å². The summed E-state index contributed by atoms with van der Waals surface area (Å²) in [5, 5.41) is 8.64. The summed E-state index contributed by atoms with van der Waals surface area (Å²) in [5.74, 6) is 3.61. The second-order valence-corrected chi connectivity index (χ2v) is 2.57. The standard InChI is InChI=1S/C6H10N2O4/c7-12-6(11)8-3-1-2-4(8)5(9)10/h4H,1-3,7H2,(H,9,10). The lowest BCUT2D eigenvalue weighted by Gasteiger charge is -2.18. The second-order valence-electron chi connectivity index (χ2n) is 2.57. The zero-order valence-electron chi connectivity index (χ0n) is 6.40. The van der Waals surface area contributed by atoms with Gasteiger partial charge in [-0.2, -0.15) is 5.90 Å². The highest BCUT2D eigenvalue weighted by Gasteiger charge is 2.34. The molecule has 1 unspecified atom stereocenters. The van der Waals surface area contributed by atoms with E-state index in [1.54, 1.807) is 0 Å². The maximum atomic E-state index is 10.8. The Morgan fingerprint density at radius 3 is 2.75 bits per heavy atom. The zero-order valence-corrected chi connectivity index (χ0v) is 6.40. The van der Waals surface area contributed by atoms with Crippen molar-refractivity contribution in [1.82, 2.24) is 4.90 Å². The fourth-order valence-electron chi connectivity index (χ4n) is 1.31. The Morgan fingerprint density at radius 1 is 1.58 bits per heavy atom. The maximum Gasteiger partial charge on any atom is 0.429 e. The van der Waals surface area contributed by atoms with Crippen LogP contribution in [0.15, 0.2) is 0 Å². The van der Waals surface area contributed by atoms with E-state index in [-0.39, 0.29) is 0 Å². The van der Waals surface area contributed by atoms with Crippen molar-refractivity contribution in [3.63, 3.8) is 0 Å². The van der Waals surface area contributed by atoms with Gasteiger partial charge in [-0.3, -0.25) is 4.90 Å². The number of amides is 1. The van der Waals surface area contributed by atoms with Gasteiger partial charge in [0.15, 0.2) is 0 Å². The Kier molecular flexibility index (Phi) is 2.49. The Bertz CT molecular complexity index is 206. The van der Waals surface area contributed by atoms with Crippen molar-refractivity contribution >= 4 is 12.1 Å². The molecule has 0 aliphatic carbocycles. The number of aliphatic carboxylic acids is 1. The fraction of sp³-hybridized carbons (Fsp3) is 0.667. The minimum Gasteiger partial charge on any atom is -0.480 e. The van der Waals surface area contributed by atoms with E-state index in [1.165, 1.54) is 0 Å². The van der Waals surface area contributed by atoms with Crippen LogP contribution in [0.4, 0.5) is 4.79 Å². The van der Waals surface area contributed by atoms with Crippen LogP contribution in [0, 0.1) is 0 Å². The van der Waals surface area contributed by atoms with Crippen molar-refractivity contribution in [3.8, 4) is 0 Å². The smallest absolute Gasteiger partial charge is 0.429 e. The molecule has 1 fully saturated rings. The van der Waals surface area contributed by atoms with Crippen LogP contribution >= 0.6 is 0 Å². The molecule has 6 nitrogen and oxygen atoms in total. The first kappa shape index (κ1) is 8.79. The molecule has 1 atom stereocenters. The quantitative estimate of drug-likeness (QED) is 0.525. The van der Waals surface area contributed by atoms with Gasteiger partial charge in [0, 0.05) is 6.54 Å². The molecule has 1 saturated heterocycles. The molecule has 1 aliphatic heterocycles. The predicted molar refractivity (Wildman–Crippen MR) is 38.0 cm³/mol. The molecule has 68 valence electrons. The van der Waals surface area contributed by atoms with E-state index in [9.17, 15) is 9.59 Å². The molecular weight excluding hydrogens is 164 g/mol. The molecule has 3 N–H and O–H groups in total. The summed E-state index contributed by atoms with van der Waals surface area (Å²) in [7, 11) is 0. The number of carbonyl (C=O) groups is 2. The molecule has 0 bridgehead atoms. The molecule has 0 spiro atoms. The zero-order chi connectivity index (χ0) is 9.14. The van der Waals surface area contributed by atoms with Crippen LogP contribution in [0.2, 0.25) is 0 Å². The minimum atomic E-state index is -1.02. The Morgan fingerprint density at radius 2 is 2.25 bits per heavy atom. The first-order valence-electron chi connectivity index (χ1n) is 3.57. The number of nitrogens with zero attached hydrogens (tertiary/aromatic N) is 1. The summed E-state index contributed by atoms with van der Waals surface area (Å²) < 4.78 is 0. The lowest BCUT2D eigenvalue weighted by Crippen LogP contribution is -2.41. The normalized spacial score (nSPS) is 22.4. The molecule has 1 heterocycles. The van der Waals surface area contributed by atoms with Gasteiger partial charge in [-0.25, -0.2) is 9.59 Å². The van der Waals surface area contributed by atoms with Crippen molar-refractivity contribution in [2.75, 3.05) is 6.54 Å². The Labute approximate surface area is 68.8 Å². The maximum absolute atomic E-state index is 10.8. The third-order valence-corrected chi connectivity index (χ3v) is 1.87. The van der Waals surface area contributed by atoms with Crippen LogP contribution < -0.4 is 5.90 Å². The molecule has 0 radical (unpaired) electrons. The third kappa shape index (κ3) is 1.48. The van der Waals surface area contributed by atoms with Crippen molar-refractivity contribution in [2.45, 2.75) is 18.9 Å². The SMILES string of the molecule is NOC(=O)N1CCCC1C(=O)O. The lowest BCUT2D eigenvalue weighted by molar-refractivity contribution is -0.141. The molecule has 1 rings (SSSR count). The predicted octanol–water partition coefficient (Wildman–Crippen LogP) is -0.454. The van der Waals surface area contributed by atoms with Gasteiger partial charge in [0.25, 0.3) is 0 Å². The number of likely N-dealkylation sites (tertiary alicyclic amines) is 1. The van der Waals surface area contributed by atoms with Gasteiger partial charge < -0.3 is 9.94 Å². The molecule has 6 heteroatoms. The Balaban J connectivity index is 2.63. The van der Waals surface area contributed by atoms with E-state index in [0.29, 0.717) is 19.4 Å². The summed E-state index contributed by atoms with van der Waals surface area (Å²) in [4.78, 5) is 26.4. The van der Waals surface area contributed by atoms with E-state index in [2.05, 4.69) is 10.7 Å². The number of hydrogen-bond donors (Lipinski definition) is 2. The van der Waals surface area contributed by atoms with Crippen LogP contribution in [0.25, 0.3) is 0 Å². The monoisotopic (exact) mass is 174 g/mol. The Hall–Kier alpha value is -1.30. The first-order chi connectivity index (χ1) is 5.66. The van der Waals surface area contributed by atoms with Crippen molar-refractivity contribution in [1.29, 1.82) is 0 Å². The van der Waals surface area contributed by atoms with E-state index in [0.717, 1.165) is 4.90 Å². The van der Waals surface area contributed by atoms with Gasteiger partial charge in [-0.15, -0.1) is 0 Å². The lowest BCUT2D eigenvalue weighted by atomic mass is 10.2. The second kappa shape index (κ2) is 3.40. The number of hydrogen-bond acceptors (Lipinski definition) is 4. The van der Waals surface area contributed by atoms with Crippen LogP contribution in [0.1, 0.15) is 12.8 Å². The van der Waals surface area contributed by atoms with Gasteiger partial charge in [-0.1, -0.05) is 0 Å². The fourth-order valence-corrected chi connectivity index (χ4v) is 1.31.